The van der Waals surface area contributed by atoms with Gasteiger partial charge in [-0.2, -0.15) is 0 Å². The van der Waals surface area contributed by atoms with Gasteiger partial charge in [-0.1, -0.05) is 39.0 Å². The van der Waals surface area contributed by atoms with Gasteiger partial charge in [0.2, 0.25) is 0 Å². The minimum Gasteiger partial charge on any atom is -0.372 e. The van der Waals surface area contributed by atoms with Crippen LogP contribution in [0, 0.1) is 0 Å². The van der Waals surface area contributed by atoms with E-state index in [9.17, 15) is 5.11 Å². The molecular formula is C14H22N2O. The van der Waals surface area contributed by atoms with E-state index >= 15 is 0 Å². The van der Waals surface area contributed by atoms with Crippen LogP contribution in [0.5, 0.6) is 0 Å². The second-order valence-electron chi connectivity index (χ2n) is 5.65. The van der Waals surface area contributed by atoms with Crippen molar-refractivity contribution in [1.29, 1.82) is 0 Å². The Morgan fingerprint density at radius 1 is 1.29 bits per heavy atom. The minimum absolute atomic E-state index is 0.0984. The third-order valence-corrected chi connectivity index (χ3v) is 3.24. The summed E-state index contributed by atoms with van der Waals surface area (Å²) in [5.41, 5.74) is 2.55. The number of piperazine rings is 1. The number of anilines is 1. The van der Waals surface area contributed by atoms with Crippen LogP contribution >= 0.6 is 0 Å². The Labute approximate surface area is 103 Å². The molecule has 1 aromatic carbocycles. The molecule has 2 rings (SSSR count). The molecule has 2 N–H and O–H groups in total. The van der Waals surface area contributed by atoms with E-state index in [0.717, 1.165) is 18.8 Å². The van der Waals surface area contributed by atoms with Crippen molar-refractivity contribution < 1.29 is 5.11 Å². The average Bonchev–Trinajstić information content (AvgIpc) is 2.28. The van der Waals surface area contributed by atoms with Crippen molar-refractivity contribution in [2.24, 2.45) is 0 Å². The van der Waals surface area contributed by atoms with E-state index in [1.807, 2.05) is 6.07 Å². The first-order valence-electron chi connectivity index (χ1n) is 6.25. The molecule has 1 saturated heterocycles. The smallest absolute Gasteiger partial charge is 0.139 e. The van der Waals surface area contributed by atoms with Gasteiger partial charge in [-0.15, -0.1) is 0 Å². The quantitative estimate of drug-likeness (QED) is 0.776. The maximum absolute atomic E-state index is 10.1. The van der Waals surface area contributed by atoms with E-state index in [2.05, 4.69) is 49.2 Å². The molecule has 0 radical (unpaired) electrons. The van der Waals surface area contributed by atoms with Crippen molar-refractivity contribution in [1.82, 2.24) is 5.32 Å². The SMILES string of the molecule is CC(C)(C)c1ccccc1N1CCNCC1O. The molecule has 1 unspecified atom stereocenters. The Hall–Kier alpha value is -1.06. The lowest BCUT2D eigenvalue weighted by molar-refractivity contribution is 0.151. The van der Waals surface area contributed by atoms with Gasteiger partial charge in [0.1, 0.15) is 6.23 Å². The van der Waals surface area contributed by atoms with Gasteiger partial charge in [0, 0.05) is 25.3 Å². The van der Waals surface area contributed by atoms with Crippen LogP contribution in [0.1, 0.15) is 26.3 Å². The number of nitrogens with one attached hydrogen (secondary N) is 1. The first-order chi connectivity index (χ1) is 8.00. The summed E-state index contributed by atoms with van der Waals surface area (Å²) in [6.45, 7) is 9.05. The second kappa shape index (κ2) is 4.67. The molecule has 0 aromatic heterocycles. The van der Waals surface area contributed by atoms with Crippen molar-refractivity contribution in [2.75, 3.05) is 24.5 Å². The zero-order chi connectivity index (χ0) is 12.5. The molecule has 0 bridgehead atoms. The molecule has 3 heteroatoms. The van der Waals surface area contributed by atoms with E-state index in [4.69, 9.17) is 0 Å². The molecule has 0 spiro atoms. The van der Waals surface area contributed by atoms with E-state index in [0.29, 0.717) is 6.54 Å². The number of para-hydroxylation sites is 1. The van der Waals surface area contributed by atoms with Crippen LogP contribution in [0.25, 0.3) is 0 Å². The van der Waals surface area contributed by atoms with Crippen molar-refractivity contribution in [3.05, 3.63) is 29.8 Å². The maximum atomic E-state index is 10.1. The fourth-order valence-corrected chi connectivity index (χ4v) is 2.33. The number of hydrogen-bond donors (Lipinski definition) is 2. The summed E-state index contributed by atoms with van der Waals surface area (Å²) in [5.74, 6) is 0. The summed E-state index contributed by atoms with van der Waals surface area (Å²) in [6, 6.07) is 8.37. The fourth-order valence-electron chi connectivity index (χ4n) is 2.33. The highest BCUT2D eigenvalue weighted by Crippen LogP contribution is 2.32. The summed E-state index contributed by atoms with van der Waals surface area (Å²) >= 11 is 0. The molecule has 0 amide bonds. The molecule has 94 valence electrons. The van der Waals surface area contributed by atoms with Crippen molar-refractivity contribution in [3.8, 4) is 0 Å². The first-order valence-corrected chi connectivity index (χ1v) is 6.25. The lowest BCUT2D eigenvalue weighted by Gasteiger charge is -2.37. The van der Waals surface area contributed by atoms with Crippen LogP contribution in [0.15, 0.2) is 24.3 Å². The van der Waals surface area contributed by atoms with Crippen LogP contribution < -0.4 is 10.2 Å². The monoisotopic (exact) mass is 234 g/mol. The van der Waals surface area contributed by atoms with E-state index in [1.165, 1.54) is 5.56 Å². The lowest BCUT2D eigenvalue weighted by Crippen LogP contribution is -2.51. The topological polar surface area (TPSA) is 35.5 Å². The predicted octanol–water partition coefficient (Wildman–Crippen LogP) is 1.71. The molecule has 1 fully saturated rings. The van der Waals surface area contributed by atoms with Gasteiger partial charge >= 0.3 is 0 Å². The summed E-state index contributed by atoms with van der Waals surface area (Å²) in [6.07, 6.45) is -0.424. The molecule has 17 heavy (non-hydrogen) atoms. The Kier molecular flexibility index (Phi) is 3.40. The summed E-state index contributed by atoms with van der Waals surface area (Å²) in [7, 11) is 0. The largest absolute Gasteiger partial charge is 0.372 e. The van der Waals surface area contributed by atoms with Gasteiger partial charge < -0.3 is 15.3 Å². The van der Waals surface area contributed by atoms with Crippen LogP contribution in [0.3, 0.4) is 0 Å². The van der Waals surface area contributed by atoms with E-state index in [1.54, 1.807) is 0 Å². The molecule has 1 atom stereocenters. The normalized spacial score (nSPS) is 21.6. The van der Waals surface area contributed by atoms with Crippen molar-refractivity contribution >= 4 is 5.69 Å². The second-order valence-corrected chi connectivity index (χ2v) is 5.65. The highest BCUT2D eigenvalue weighted by molar-refractivity contribution is 5.57. The number of aliphatic hydroxyl groups excluding tert-OH is 1. The van der Waals surface area contributed by atoms with Gasteiger partial charge in [0.25, 0.3) is 0 Å². The average molecular weight is 234 g/mol. The predicted molar refractivity (Wildman–Crippen MR) is 71.4 cm³/mol. The zero-order valence-electron chi connectivity index (χ0n) is 10.9. The number of rotatable bonds is 1. The van der Waals surface area contributed by atoms with Crippen LogP contribution in [0.4, 0.5) is 5.69 Å². The molecule has 1 heterocycles. The van der Waals surface area contributed by atoms with Crippen LogP contribution in [-0.4, -0.2) is 31.0 Å². The highest BCUT2D eigenvalue weighted by Gasteiger charge is 2.25. The summed E-state index contributed by atoms with van der Waals surface area (Å²) in [5, 5.41) is 13.3. The van der Waals surface area contributed by atoms with Gasteiger partial charge in [-0.3, -0.25) is 0 Å². The third kappa shape index (κ3) is 2.61. The fraction of sp³-hybridized carbons (Fsp3) is 0.571. The number of hydrogen-bond acceptors (Lipinski definition) is 3. The number of benzene rings is 1. The van der Waals surface area contributed by atoms with Crippen molar-refractivity contribution in [2.45, 2.75) is 32.4 Å². The van der Waals surface area contributed by atoms with Gasteiger partial charge in [0.05, 0.1) is 0 Å². The molecule has 1 aliphatic rings. The molecule has 3 nitrogen and oxygen atoms in total. The molecule has 1 aliphatic heterocycles. The maximum Gasteiger partial charge on any atom is 0.139 e. The van der Waals surface area contributed by atoms with Crippen LogP contribution in [0.2, 0.25) is 0 Å². The summed E-state index contributed by atoms with van der Waals surface area (Å²) < 4.78 is 0. The van der Waals surface area contributed by atoms with Crippen molar-refractivity contribution in [3.63, 3.8) is 0 Å². The van der Waals surface area contributed by atoms with Gasteiger partial charge in [-0.05, 0) is 17.0 Å². The Morgan fingerprint density at radius 2 is 2.00 bits per heavy atom. The van der Waals surface area contributed by atoms with E-state index in [-0.39, 0.29) is 5.41 Å². The van der Waals surface area contributed by atoms with Gasteiger partial charge in [0.15, 0.2) is 0 Å². The zero-order valence-corrected chi connectivity index (χ0v) is 10.9. The highest BCUT2D eigenvalue weighted by atomic mass is 16.3. The summed E-state index contributed by atoms with van der Waals surface area (Å²) in [4.78, 5) is 2.09. The standard InChI is InChI=1S/C14H22N2O/c1-14(2,3)11-6-4-5-7-12(11)16-9-8-15-10-13(16)17/h4-7,13,15,17H,8-10H2,1-3H3. The van der Waals surface area contributed by atoms with Gasteiger partial charge in [-0.25, -0.2) is 0 Å². The first kappa shape index (κ1) is 12.4. The van der Waals surface area contributed by atoms with E-state index < -0.39 is 6.23 Å². The molecule has 0 saturated carbocycles. The minimum atomic E-state index is -0.424. The number of β-amino-alcohol motifs (C(OH)–C–C–N with tert-alkyl or cyclic N) is 1. The molecule has 0 aliphatic carbocycles. The lowest BCUT2D eigenvalue weighted by atomic mass is 9.85. The Bertz CT molecular complexity index is 384. The number of nitrogens with zero attached hydrogens (tertiary/aromatic N) is 1. The Balaban J connectivity index is 2.37. The molecular weight excluding hydrogens is 212 g/mol. The third-order valence-electron chi connectivity index (χ3n) is 3.24. The van der Waals surface area contributed by atoms with Crippen LogP contribution in [-0.2, 0) is 5.41 Å². The number of aliphatic hydroxyl groups is 1. The Morgan fingerprint density at radius 3 is 2.65 bits per heavy atom. The molecule has 1 aromatic rings.